The number of carbonyl (C=O) groups is 1. The molecule has 2 heterocycles. The van der Waals surface area contributed by atoms with Crippen LogP contribution in [0.2, 0.25) is 0 Å². The van der Waals surface area contributed by atoms with Crippen molar-refractivity contribution < 1.29 is 30.6 Å². The zero-order valence-electron chi connectivity index (χ0n) is 11.5. The van der Waals surface area contributed by atoms with Gasteiger partial charge in [-0.2, -0.15) is 21.6 Å². The lowest BCUT2D eigenvalue weighted by Crippen LogP contribution is -2.37. The molecule has 0 N–H and O–H groups in total. The zero-order chi connectivity index (χ0) is 16.8. The van der Waals surface area contributed by atoms with Crippen molar-refractivity contribution in [3.8, 4) is 0 Å². The third-order valence-electron chi connectivity index (χ3n) is 3.42. The summed E-state index contributed by atoms with van der Waals surface area (Å²) < 4.78 is 64.1. The molecular weight excluding hydrogens is 335 g/mol. The van der Waals surface area contributed by atoms with E-state index in [1.807, 2.05) is 6.07 Å². The van der Waals surface area contributed by atoms with E-state index in [1.54, 1.807) is 18.2 Å². The SMILES string of the molecule is O=C1C=C(OS(=O)(=O)C(F)(F)F)C2=Cc3ccccc3CN2C1. The molecule has 0 saturated heterocycles. The maximum atomic E-state index is 12.5. The summed E-state index contributed by atoms with van der Waals surface area (Å²) in [7, 11) is -5.84. The quantitative estimate of drug-likeness (QED) is 0.607. The molecular formula is C14H10F3NO4S. The number of hydrogen-bond acceptors (Lipinski definition) is 5. The molecule has 0 amide bonds. The van der Waals surface area contributed by atoms with Gasteiger partial charge in [0, 0.05) is 12.6 Å². The minimum Gasteiger partial charge on any atom is -0.374 e. The Morgan fingerprint density at radius 3 is 2.48 bits per heavy atom. The summed E-state index contributed by atoms with van der Waals surface area (Å²) in [6.07, 6.45) is 2.28. The summed E-state index contributed by atoms with van der Waals surface area (Å²) >= 11 is 0. The molecule has 0 unspecified atom stereocenters. The summed E-state index contributed by atoms with van der Waals surface area (Å²) in [5.41, 5.74) is -3.82. The topological polar surface area (TPSA) is 63.7 Å². The minimum absolute atomic E-state index is 0.0565. The average Bonchev–Trinajstić information content (AvgIpc) is 2.43. The van der Waals surface area contributed by atoms with E-state index in [0.717, 1.165) is 17.2 Å². The number of hydrogen-bond donors (Lipinski definition) is 0. The number of benzene rings is 1. The van der Waals surface area contributed by atoms with Crippen molar-refractivity contribution in [3.05, 3.63) is 52.9 Å². The molecule has 122 valence electrons. The van der Waals surface area contributed by atoms with Crippen molar-refractivity contribution in [1.29, 1.82) is 0 Å². The average molecular weight is 345 g/mol. The van der Waals surface area contributed by atoms with Crippen LogP contribution in [0.25, 0.3) is 6.08 Å². The van der Waals surface area contributed by atoms with E-state index in [9.17, 15) is 26.4 Å². The van der Waals surface area contributed by atoms with Crippen molar-refractivity contribution in [3.63, 3.8) is 0 Å². The van der Waals surface area contributed by atoms with Crippen LogP contribution < -0.4 is 0 Å². The predicted octanol–water partition coefficient (Wildman–Crippen LogP) is 2.18. The summed E-state index contributed by atoms with van der Waals surface area (Å²) in [6, 6.07) is 7.10. The highest BCUT2D eigenvalue weighted by molar-refractivity contribution is 7.87. The Hall–Kier alpha value is -2.29. The molecule has 3 rings (SSSR count). The number of alkyl halides is 3. The summed E-state index contributed by atoms with van der Waals surface area (Å²) in [5, 5.41) is 0. The molecule has 0 bridgehead atoms. The third-order valence-corrected chi connectivity index (χ3v) is 4.39. The first-order chi connectivity index (χ1) is 10.7. The molecule has 23 heavy (non-hydrogen) atoms. The fraction of sp³-hybridized carbons (Fsp3) is 0.214. The van der Waals surface area contributed by atoms with Crippen molar-refractivity contribution in [2.45, 2.75) is 12.1 Å². The lowest BCUT2D eigenvalue weighted by molar-refractivity contribution is -0.116. The Bertz CT molecular complexity index is 840. The molecule has 0 saturated carbocycles. The molecule has 0 aromatic heterocycles. The molecule has 0 aliphatic carbocycles. The van der Waals surface area contributed by atoms with Gasteiger partial charge < -0.3 is 9.08 Å². The molecule has 0 atom stereocenters. The number of ketones is 1. The molecule has 5 nitrogen and oxygen atoms in total. The van der Waals surface area contributed by atoms with Gasteiger partial charge in [-0.25, -0.2) is 0 Å². The number of halogens is 3. The van der Waals surface area contributed by atoms with Crippen molar-refractivity contribution in [2.24, 2.45) is 0 Å². The molecule has 9 heteroatoms. The van der Waals surface area contributed by atoms with Gasteiger partial charge in [-0.05, 0) is 17.2 Å². The molecule has 0 fully saturated rings. The standard InChI is InChI=1S/C14H10F3NO4S/c15-14(16,17)23(20,21)22-13-6-11(19)8-18-7-10-4-2-1-3-9(10)5-12(13)18/h1-6H,7-8H2. The predicted molar refractivity (Wildman–Crippen MR) is 74.0 cm³/mol. The molecule has 0 spiro atoms. The smallest absolute Gasteiger partial charge is 0.374 e. The van der Waals surface area contributed by atoms with Gasteiger partial charge in [-0.3, -0.25) is 4.79 Å². The van der Waals surface area contributed by atoms with Crippen molar-refractivity contribution in [1.82, 2.24) is 4.90 Å². The first-order valence-corrected chi connectivity index (χ1v) is 7.88. The van der Waals surface area contributed by atoms with Crippen LogP contribution in [0.15, 0.2) is 41.8 Å². The fourth-order valence-corrected chi connectivity index (χ4v) is 2.87. The highest BCUT2D eigenvalue weighted by atomic mass is 32.2. The highest BCUT2D eigenvalue weighted by Crippen LogP contribution is 2.35. The van der Waals surface area contributed by atoms with Gasteiger partial charge in [0.1, 0.15) is 0 Å². The normalized spacial score (nSPS) is 17.9. The van der Waals surface area contributed by atoms with Gasteiger partial charge in [0.15, 0.2) is 11.5 Å². The van der Waals surface area contributed by atoms with Crippen LogP contribution in [0.3, 0.4) is 0 Å². The Morgan fingerprint density at radius 2 is 1.78 bits per heavy atom. The lowest BCUT2D eigenvalue weighted by atomic mass is 9.98. The number of rotatable bonds is 2. The van der Waals surface area contributed by atoms with Crippen LogP contribution >= 0.6 is 0 Å². The number of nitrogens with zero attached hydrogens (tertiary/aromatic N) is 1. The van der Waals surface area contributed by atoms with Gasteiger partial charge in [0.25, 0.3) is 0 Å². The van der Waals surface area contributed by atoms with E-state index in [1.165, 1.54) is 11.0 Å². The first-order valence-electron chi connectivity index (χ1n) is 6.47. The van der Waals surface area contributed by atoms with E-state index in [0.29, 0.717) is 0 Å². The molecule has 2 aliphatic heterocycles. The van der Waals surface area contributed by atoms with Crippen molar-refractivity contribution in [2.75, 3.05) is 6.54 Å². The second kappa shape index (κ2) is 5.12. The van der Waals surface area contributed by atoms with Crippen LogP contribution in [-0.4, -0.2) is 31.2 Å². The monoisotopic (exact) mass is 345 g/mol. The van der Waals surface area contributed by atoms with Gasteiger partial charge >= 0.3 is 15.6 Å². The second-order valence-corrected chi connectivity index (χ2v) is 6.58. The van der Waals surface area contributed by atoms with E-state index in [4.69, 9.17) is 0 Å². The Morgan fingerprint density at radius 1 is 1.09 bits per heavy atom. The van der Waals surface area contributed by atoms with Gasteiger partial charge in [0.05, 0.1) is 12.2 Å². The van der Waals surface area contributed by atoms with E-state index >= 15 is 0 Å². The number of fused-ring (bicyclic) bond motifs is 2. The molecule has 1 aromatic rings. The van der Waals surface area contributed by atoms with E-state index in [-0.39, 0.29) is 18.8 Å². The van der Waals surface area contributed by atoms with Crippen LogP contribution in [-0.2, 0) is 25.6 Å². The maximum absolute atomic E-state index is 12.5. The van der Waals surface area contributed by atoms with Gasteiger partial charge in [-0.15, -0.1) is 0 Å². The summed E-state index contributed by atoms with van der Waals surface area (Å²) in [6.45, 7) is 0.222. The van der Waals surface area contributed by atoms with Crippen LogP contribution in [0, 0.1) is 0 Å². The Labute approximate surface area is 129 Å². The Kier molecular flexibility index (Phi) is 3.47. The van der Waals surface area contributed by atoms with Crippen LogP contribution in [0.5, 0.6) is 0 Å². The third kappa shape index (κ3) is 2.83. The molecule has 2 aliphatic rings. The minimum atomic E-state index is -5.84. The van der Waals surface area contributed by atoms with E-state index < -0.39 is 27.2 Å². The molecule has 1 aromatic carbocycles. The lowest BCUT2D eigenvalue weighted by Gasteiger charge is -2.34. The maximum Gasteiger partial charge on any atom is 0.534 e. The van der Waals surface area contributed by atoms with Crippen molar-refractivity contribution >= 4 is 22.0 Å². The second-order valence-electron chi connectivity index (χ2n) is 5.04. The Balaban J connectivity index is 2.03. The summed E-state index contributed by atoms with van der Waals surface area (Å²) in [5.74, 6) is -1.15. The van der Waals surface area contributed by atoms with Crippen LogP contribution in [0.1, 0.15) is 11.1 Å². The summed E-state index contributed by atoms with van der Waals surface area (Å²) in [4.78, 5) is 13.2. The van der Waals surface area contributed by atoms with Crippen LogP contribution in [0.4, 0.5) is 13.2 Å². The van der Waals surface area contributed by atoms with E-state index in [2.05, 4.69) is 4.18 Å². The first kappa shape index (κ1) is 15.6. The van der Waals surface area contributed by atoms with Gasteiger partial charge in [-0.1, -0.05) is 24.3 Å². The largest absolute Gasteiger partial charge is 0.534 e. The van der Waals surface area contributed by atoms with Gasteiger partial charge in [0.2, 0.25) is 0 Å². The number of carbonyl (C=O) groups excluding carboxylic acids is 1. The molecule has 0 radical (unpaired) electrons. The zero-order valence-corrected chi connectivity index (χ0v) is 12.3. The fourth-order valence-electron chi connectivity index (χ4n) is 2.40. The highest BCUT2D eigenvalue weighted by Gasteiger charge is 2.49.